The van der Waals surface area contributed by atoms with Crippen molar-refractivity contribution in [2.75, 3.05) is 11.1 Å². The standard InChI is InChI=1S/C25H27ClF3N5O3/c26-16-6-8-17(9-7-16)32-22(35)20-18(12-14-10-11-31-19(30)13-14)23(36)34(20)24(37)33-21(25(27,28)29)15-4-2-1-3-5-15/h6-11,13,15,18,20-21H,1-5,12H2,(H2,30,31)(H,32,35)(H,33,37)/t18-,20+,21+/m1/s1. The topological polar surface area (TPSA) is 117 Å². The van der Waals surface area contributed by atoms with Crippen molar-refractivity contribution in [1.82, 2.24) is 15.2 Å². The summed E-state index contributed by atoms with van der Waals surface area (Å²) in [5, 5.41) is 5.08. The number of halogens is 4. The van der Waals surface area contributed by atoms with E-state index in [9.17, 15) is 27.6 Å². The predicted molar refractivity (Wildman–Crippen MR) is 132 cm³/mol. The first kappa shape index (κ1) is 26.7. The molecule has 1 aromatic heterocycles. The van der Waals surface area contributed by atoms with Crippen molar-refractivity contribution in [3.8, 4) is 0 Å². The number of aromatic nitrogens is 1. The molecule has 2 heterocycles. The third-order valence-electron chi connectivity index (χ3n) is 6.87. The lowest BCUT2D eigenvalue weighted by molar-refractivity contribution is -0.170. The highest BCUT2D eigenvalue weighted by Crippen LogP contribution is 2.36. The van der Waals surface area contributed by atoms with Crippen molar-refractivity contribution < 1.29 is 27.6 Å². The first-order valence-electron chi connectivity index (χ1n) is 12.0. The third kappa shape index (κ3) is 6.15. The number of imide groups is 1. The second-order valence-corrected chi connectivity index (χ2v) is 9.85. The van der Waals surface area contributed by atoms with Gasteiger partial charge in [-0.2, -0.15) is 13.2 Å². The van der Waals surface area contributed by atoms with E-state index in [-0.39, 0.29) is 12.2 Å². The number of pyridine rings is 1. The summed E-state index contributed by atoms with van der Waals surface area (Å²) in [6.07, 6.45) is -0.430. The van der Waals surface area contributed by atoms with Crippen LogP contribution in [0, 0.1) is 11.8 Å². The van der Waals surface area contributed by atoms with E-state index in [0.717, 1.165) is 6.42 Å². The molecule has 1 aliphatic carbocycles. The van der Waals surface area contributed by atoms with Crippen LogP contribution in [0.15, 0.2) is 42.6 Å². The number of likely N-dealkylation sites (tertiary alicyclic amines) is 1. The first-order valence-corrected chi connectivity index (χ1v) is 12.4. The van der Waals surface area contributed by atoms with Gasteiger partial charge in [0.1, 0.15) is 17.9 Å². The zero-order valence-corrected chi connectivity index (χ0v) is 20.6. The zero-order chi connectivity index (χ0) is 26.7. The summed E-state index contributed by atoms with van der Waals surface area (Å²) >= 11 is 5.88. The molecular weight excluding hydrogens is 511 g/mol. The van der Waals surface area contributed by atoms with E-state index in [0.29, 0.717) is 46.9 Å². The lowest BCUT2D eigenvalue weighted by Crippen LogP contribution is -2.71. The number of amides is 4. The normalized spacial score (nSPS) is 21.2. The smallest absolute Gasteiger partial charge is 0.384 e. The van der Waals surface area contributed by atoms with Gasteiger partial charge in [-0.1, -0.05) is 30.9 Å². The number of hydrogen-bond acceptors (Lipinski definition) is 5. The Bertz CT molecular complexity index is 1160. The van der Waals surface area contributed by atoms with Gasteiger partial charge in [0, 0.05) is 16.9 Å². The summed E-state index contributed by atoms with van der Waals surface area (Å²) < 4.78 is 41.7. The van der Waals surface area contributed by atoms with Crippen LogP contribution in [-0.4, -0.2) is 46.0 Å². The molecule has 1 aromatic carbocycles. The van der Waals surface area contributed by atoms with Crippen LogP contribution in [0.4, 0.5) is 29.5 Å². The molecule has 1 saturated heterocycles. The number of β-lactam (4-membered cyclic amide) rings is 1. The van der Waals surface area contributed by atoms with E-state index in [4.69, 9.17) is 17.3 Å². The predicted octanol–water partition coefficient (Wildman–Crippen LogP) is 4.55. The summed E-state index contributed by atoms with van der Waals surface area (Å²) in [5.41, 5.74) is 6.67. The highest BCUT2D eigenvalue weighted by atomic mass is 35.5. The Morgan fingerprint density at radius 3 is 2.43 bits per heavy atom. The third-order valence-corrected chi connectivity index (χ3v) is 7.12. The van der Waals surface area contributed by atoms with E-state index >= 15 is 0 Å². The van der Waals surface area contributed by atoms with E-state index in [1.807, 2.05) is 5.32 Å². The molecule has 1 aliphatic heterocycles. The molecule has 2 aromatic rings. The lowest BCUT2D eigenvalue weighted by atomic mass is 9.81. The minimum Gasteiger partial charge on any atom is -0.384 e. The number of carbonyl (C=O) groups excluding carboxylic acids is 3. The molecule has 8 nitrogen and oxygen atoms in total. The van der Waals surface area contributed by atoms with Gasteiger partial charge in [0.25, 0.3) is 0 Å². The van der Waals surface area contributed by atoms with Gasteiger partial charge in [0.2, 0.25) is 11.8 Å². The number of nitrogens with two attached hydrogens (primary N) is 1. The van der Waals surface area contributed by atoms with Gasteiger partial charge < -0.3 is 16.4 Å². The number of carbonyl (C=O) groups is 3. The molecule has 2 aliphatic rings. The van der Waals surface area contributed by atoms with Crippen molar-refractivity contribution >= 4 is 41.0 Å². The van der Waals surface area contributed by atoms with Crippen molar-refractivity contribution in [3.63, 3.8) is 0 Å². The maximum Gasteiger partial charge on any atom is 0.408 e. The molecule has 4 amide bonds. The van der Waals surface area contributed by atoms with E-state index in [1.165, 1.54) is 24.4 Å². The molecule has 37 heavy (non-hydrogen) atoms. The van der Waals surface area contributed by atoms with Gasteiger partial charge >= 0.3 is 12.2 Å². The number of benzene rings is 1. The Labute approximate surface area is 216 Å². The van der Waals surface area contributed by atoms with Gasteiger partial charge in [-0.25, -0.2) is 9.78 Å². The van der Waals surface area contributed by atoms with Gasteiger partial charge in [0.05, 0.1) is 5.92 Å². The highest BCUT2D eigenvalue weighted by Gasteiger charge is 2.56. The summed E-state index contributed by atoms with van der Waals surface area (Å²) in [6, 6.07) is 4.64. The Morgan fingerprint density at radius 2 is 1.81 bits per heavy atom. The number of alkyl halides is 3. The molecule has 4 N–H and O–H groups in total. The van der Waals surface area contributed by atoms with Crippen LogP contribution in [0.5, 0.6) is 0 Å². The molecule has 4 rings (SSSR count). The molecular formula is C25H27ClF3N5O3. The second-order valence-electron chi connectivity index (χ2n) is 9.42. The Kier molecular flexibility index (Phi) is 7.91. The minimum absolute atomic E-state index is 0.0549. The summed E-state index contributed by atoms with van der Waals surface area (Å²) in [5.74, 6) is -2.99. The molecule has 3 atom stereocenters. The number of rotatable bonds is 6. The van der Waals surface area contributed by atoms with Crippen molar-refractivity contribution in [2.24, 2.45) is 11.8 Å². The first-order chi connectivity index (χ1) is 17.5. The van der Waals surface area contributed by atoms with Crippen LogP contribution < -0.4 is 16.4 Å². The van der Waals surface area contributed by atoms with Crippen LogP contribution >= 0.6 is 11.6 Å². The largest absolute Gasteiger partial charge is 0.408 e. The van der Waals surface area contributed by atoms with Crippen LogP contribution in [0.3, 0.4) is 0 Å². The maximum absolute atomic E-state index is 13.9. The Balaban J connectivity index is 1.56. The average Bonchev–Trinajstić information content (AvgIpc) is 2.85. The summed E-state index contributed by atoms with van der Waals surface area (Å²) in [7, 11) is 0. The Morgan fingerprint density at radius 1 is 1.14 bits per heavy atom. The zero-order valence-electron chi connectivity index (χ0n) is 19.8. The monoisotopic (exact) mass is 537 g/mol. The number of nitrogens with zero attached hydrogens (tertiary/aromatic N) is 2. The van der Waals surface area contributed by atoms with Crippen LogP contribution in [0.1, 0.15) is 37.7 Å². The molecule has 1 saturated carbocycles. The fourth-order valence-corrected chi connectivity index (χ4v) is 5.16. The molecule has 0 unspecified atom stereocenters. The van der Waals surface area contributed by atoms with Gasteiger partial charge in [0.15, 0.2) is 0 Å². The van der Waals surface area contributed by atoms with E-state index in [1.54, 1.807) is 18.2 Å². The number of urea groups is 1. The highest BCUT2D eigenvalue weighted by molar-refractivity contribution is 6.30. The molecule has 198 valence electrons. The molecule has 12 heteroatoms. The molecule has 0 bridgehead atoms. The van der Waals surface area contributed by atoms with Crippen molar-refractivity contribution in [2.45, 2.75) is 56.8 Å². The van der Waals surface area contributed by atoms with Gasteiger partial charge in [-0.15, -0.1) is 0 Å². The summed E-state index contributed by atoms with van der Waals surface area (Å²) in [6.45, 7) is 0. The number of hydrogen-bond donors (Lipinski definition) is 3. The molecule has 2 fully saturated rings. The van der Waals surface area contributed by atoms with E-state index < -0.39 is 47.9 Å². The van der Waals surface area contributed by atoms with Crippen molar-refractivity contribution in [3.05, 3.63) is 53.2 Å². The number of nitrogen functional groups attached to an aromatic ring is 1. The molecule has 0 spiro atoms. The number of anilines is 2. The van der Waals surface area contributed by atoms with Crippen molar-refractivity contribution in [1.29, 1.82) is 0 Å². The van der Waals surface area contributed by atoms with Crippen LogP contribution in [0.2, 0.25) is 5.02 Å². The average molecular weight is 538 g/mol. The van der Waals surface area contributed by atoms with E-state index in [2.05, 4.69) is 10.3 Å². The quantitative estimate of drug-likeness (QED) is 0.467. The van der Waals surface area contributed by atoms with Crippen LogP contribution in [0.25, 0.3) is 0 Å². The summed E-state index contributed by atoms with van der Waals surface area (Å²) in [4.78, 5) is 43.8. The minimum atomic E-state index is -4.69. The fourth-order valence-electron chi connectivity index (χ4n) is 5.04. The Hall–Kier alpha value is -3.34. The second kappa shape index (κ2) is 11.0. The maximum atomic E-state index is 13.9. The lowest BCUT2D eigenvalue weighted by Gasteiger charge is -2.45. The number of nitrogens with one attached hydrogen (secondary N) is 2. The van der Waals surface area contributed by atoms with Gasteiger partial charge in [-0.05, 0) is 67.1 Å². The van der Waals surface area contributed by atoms with Gasteiger partial charge in [-0.3, -0.25) is 14.5 Å². The van der Waals surface area contributed by atoms with Crippen LogP contribution in [-0.2, 0) is 16.0 Å². The fraction of sp³-hybridized carbons (Fsp3) is 0.440. The molecule has 0 radical (unpaired) electrons. The SMILES string of the molecule is Nc1cc(C[C@H]2C(=O)N(C(=O)N[C@@H](C3CCCCC3)C(F)(F)F)[C@@H]2C(=O)Nc2ccc(Cl)cc2)ccn1.